The molecule has 0 aromatic heterocycles. The monoisotopic (exact) mass is 245 g/mol. The predicted molar refractivity (Wildman–Crippen MR) is 60.0 cm³/mol. The molecule has 1 N–H and O–H groups in total. The van der Waals surface area contributed by atoms with Gasteiger partial charge in [0, 0.05) is 11.8 Å². The number of hydroxylamine groups is 1. The van der Waals surface area contributed by atoms with Gasteiger partial charge in [-0.2, -0.15) is 5.48 Å². The lowest BCUT2D eigenvalue weighted by atomic mass is 10.2. The summed E-state index contributed by atoms with van der Waals surface area (Å²) in [6, 6.07) is 4.90. The Morgan fingerprint density at radius 3 is 2.50 bits per heavy atom. The zero-order valence-corrected chi connectivity index (χ0v) is 10.3. The lowest BCUT2D eigenvalue weighted by molar-refractivity contribution is 0.0855. The fourth-order valence-electron chi connectivity index (χ4n) is 1.40. The molecule has 0 spiro atoms. The normalized spacial score (nSPS) is 11.4. The van der Waals surface area contributed by atoms with E-state index in [0.717, 1.165) is 6.26 Å². The SMILES string of the molecule is CONCc1c(OC)cccc1S(C)(=O)=O. The molecule has 0 unspecified atom stereocenters. The van der Waals surface area contributed by atoms with Gasteiger partial charge in [0.2, 0.25) is 0 Å². The van der Waals surface area contributed by atoms with Crippen LogP contribution < -0.4 is 10.2 Å². The molecule has 6 heteroatoms. The van der Waals surface area contributed by atoms with E-state index in [1.807, 2.05) is 0 Å². The highest BCUT2D eigenvalue weighted by atomic mass is 32.2. The van der Waals surface area contributed by atoms with Gasteiger partial charge in [-0.05, 0) is 12.1 Å². The van der Waals surface area contributed by atoms with Crippen LogP contribution >= 0.6 is 0 Å². The van der Waals surface area contributed by atoms with Crippen molar-refractivity contribution in [3.8, 4) is 5.75 Å². The molecule has 0 atom stereocenters. The molecule has 0 fully saturated rings. The maximum Gasteiger partial charge on any atom is 0.175 e. The van der Waals surface area contributed by atoms with Crippen molar-refractivity contribution in [2.45, 2.75) is 11.4 Å². The van der Waals surface area contributed by atoms with Crippen LogP contribution in [0.15, 0.2) is 23.1 Å². The Labute approximate surface area is 95.2 Å². The second-order valence-electron chi connectivity index (χ2n) is 3.23. The van der Waals surface area contributed by atoms with E-state index in [-0.39, 0.29) is 11.4 Å². The van der Waals surface area contributed by atoms with Gasteiger partial charge in [0.25, 0.3) is 0 Å². The van der Waals surface area contributed by atoms with Gasteiger partial charge < -0.3 is 9.57 Å². The minimum atomic E-state index is -3.27. The summed E-state index contributed by atoms with van der Waals surface area (Å²) in [7, 11) is -0.307. The van der Waals surface area contributed by atoms with Crippen LogP contribution in [0.5, 0.6) is 5.75 Å². The Bertz CT molecular complexity index is 456. The summed E-state index contributed by atoms with van der Waals surface area (Å²) in [5.74, 6) is 0.521. The fraction of sp³-hybridized carbons (Fsp3) is 0.400. The van der Waals surface area contributed by atoms with Gasteiger partial charge in [-0.3, -0.25) is 0 Å². The van der Waals surface area contributed by atoms with Gasteiger partial charge in [0.05, 0.1) is 25.7 Å². The number of ether oxygens (including phenoxy) is 1. The van der Waals surface area contributed by atoms with Crippen LogP contribution in [0, 0.1) is 0 Å². The van der Waals surface area contributed by atoms with Crippen molar-refractivity contribution >= 4 is 9.84 Å². The third-order valence-electron chi connectivity index (χ3n) is 2.10. The topological polar surface area (TPSA) is 64.6 Å². The van der Waals surface area contributed by atoms with E-state index in [1.165, 1.54) is 14.2 Å². The van der Waals surface area contributed by atoms with Crippen molar-refractivity contribution in [2.24, 2.45) is 0 Å². The van der Waals surface area contributed by atoms with E-state index in [1.54, 1.807) is 18.2 Å². The summed E-state index contributed by atoms with van der Waals surface area (Å²) in [6.07, 6.45) is 1.16. The molecule has 0 saturated carbocycles. The quantitative estimate of drug-likeness (QED) is 0.775. The summed E-state index contributed by atoms with van der Waals surface area (Å²) in [4.78, 5) is 4.96. The minimum absolute atomic E-state index is 0.247. The second kappa shape index (κ2) is 5.29. The van der Waals surface area contributed by atoms with Crippen LogP contribution in [0.1, 0.15) is 5.56 Å². The molecular weight excluding hydrogens is 230 g/mol. The molecule has 0 bridgehead atoms. The first-order valence-electron chi connectivity index (χ1n) is 4.62. The molecule has 1 rings (SSSR count). The van der Waals surface area contributed by atoms with Crippen LogP contribution in [0.25, 0.3) is 0 Å². The molecule has 5 nitrogen and oxygen atoms in total. The van der Waals surface area contributed by atoms with Crippen molar-refractivity contribution < 1.29 is 18.0 Å². The highest BCUT2D eigenvalue weighted by Gasteiger charge is 2.16. The lowest BCUT2D eigenvalue weighted by Crippen LogP contribution is -2.15. The van der Waals surface area contributed by atoms with E-state index >= 15 is 0 Å². The number of rotatable bonds is 5. The van der Waals surface area contributed by atoms with Gasteiger partial charge in [-0.1, -0.05) is 6.07 Å². The lowest BCUT2D eigenvalue weighted by Gasteiger charge is -2.12. The molecule has 0 heterocycles. The van der Waals surface area contributed by atoms with Crippen molar-refractivity contribution in [2.75, 3.05) is 20.5 Å². The molecule has 0 aliphatic rings. The second-order valence-corrected chi connectivity index (χ2v) is 5.22. The summed E-state index contributed by atoms with van der Waals surface area (Å²) >= 11 is 0. The Morgan fingerprint density at radius 1 is 1.31 bits per heavy atom. The molecule has 0 radical (unpaired) electrons. The third-order valence-corrected chi connectivity index (χ3v) is 3.28. The number of hydrogen-bond donors (Lipinski definition) is 1. The van der Waals surface area contributed by atoms with Crippen molar-refractivity contribution in [1.29, 1.82) is 0 Å². The zero-order chi connectivity index (χ0) is 12.2. The maximum atomic E-state index is 11.6. The molecule has 16 heavy (non-hydrogen) atoms. The largest absolute Gasteiger partial charge is 0.496 e. The highest BCUT2D eigenvalue weighted by molar-refractivity contribution is 7.90. The van der Waals surface area contributed by atoms with Gasteiger partial charge in [-0.15, -0.1) is 0 Å². The van der Waals surface area contributed by atoms with E-state index in [4.69, 9.17) is 9.57 Å². The van der Waals surface area contributed by atoms with Crippen LogP contribution in [0.2, 0.25) is 0 Å². The van der Waals surface area contributed by atoms with Gasteiger partial charge in [0.1, 0.15) is 5.75 Å². The summed E-state index contributed by atoms with van der Waals surface area (Å²) in [6.45, 7) is 0.267. The average Bonchev–Trinajstić information content (AvgIpc) is 2.24. The first kappa shape index (κ1) is 13.0. The summed E-state index contributed by atoms with van der Waals surface area (Å²) in [5, 5.41) is 0. The van der Waals surface area contributed by atoms with Gasteiger partial charge >= 0.3 is 0 Å². The van der Waals surface area contributed by atoms with E-state index < -0.39 is 9.84 Å². The van der Waals surface area contributed by atoms with Crippen LogP contribution in [0.4, 0.5) is 0 Å². The smallest absolute Gasteiger partial charge is 0.175 e. The highest BCUT2D eigenvalue weighted by Crippen LogP contribution is 2.25. The van der Waals surface area contributed by atoms with Crippen LogP contribution in [-0.2, 0) is 21.2 Å². The van der Waals surface area contributed by atoms with E-state index in [2.05, 4.69) is 5.48 Å². The molecule has 90 valence electrons. The molecule has 1 aromatic rings. The number of sulfone groups is 1. The van der Waals surface area contributed by atoms with Crippen LogP contribution in [0.3, 0.4) is 0 Å². The van der Waals surface area contributed by atoms with Gasteiger partial charge in [0.15, 0.2) is 9.84 Å². The molecule has 0 aliphatic heterocycles. The van der Waals surface area contributed by atoms with Crippen LogP contribution in [-0.4, -0.2) is 28.9 Å². The molecular formula is C10H15NO4S. The van der Waals surface area contributed by atoms with Crippen molar-refractivity contribution in [3.05, 3.63) is 23.8 Å². The minimum Gasteiger partial charge on any atom is -0.496 e. The molecule has 0 saturated heterocycles. The predicted octanol–water partition coefficient (Wildman–Crippen LogP) is 0.750. The first-order chi connectivity index (χ1) is 7.50. The van der Waals surface area contributed by atoms with Crippen molar-refractivity contribution in [3.63, 3.8) is 0 Å². The third kappa shape index (κ3) is 2.94. The molecule has 1 aromatic carbocycles. The van der Waals surface area contributed by atoms with E-state index in [9.17, 15) is 8.42 Å². The summed E-state index contributed by atoms with van der Waals surface area (Å²) in [5.41, 5.74) is 3.17. The Hall–Kier alpha value is -1.11. The Kier molecular flexibility index (Phi) is 4.28. The number of benzene rings is 1. The fourth-order valence-corrected chi connectivity index (χ4v) is 2.35. The average molecular weight is 245 g/mol. The number of nitrogens with one attached hydrogen (secondary N) is 1. The summed E-state index contributed by atoms with van der Waals surface area (Å²) < 4.78 is 28.2. The first-order valence-corrected chi connectivity index (χ1v) is 6.51. The van der Waals surface area contributed by atoms with E-state index in [0.29, 0.717) is 11.3 Å². The Balaban J connectivity index is 3.26. The maximum absolute atomic E-state index is 11.6. The molecule has 0 aliphatic carbocycles. The Morgan fingerprint density at radius 2 is 2.00 bits per heavy atom. The standard InChI is InChI=1S/C10H15NO4S/c1-14-9-5-4-6-10(16(3,12)13)8(9)7-11-15-2/h4-6,11H,7H2,1-3H3. The van der Waals surface area contributed by atoms with Crippen molar-refractivity contribution in [1.82, 2.24) is 5.48 Å². The van der Waals surface area contributed by atoms with Gasteiger partial charge in [-0.25, -0.2) is 8.42 Å². The molecule has 0 amide bonds. The zero-order valence-electron chi connectivity index (χ0n) is 9.48. The number of methoxy groups -OCH3 is 1. The number of hydrogen-bond acceptors (Lipinski definition) is 5.